The largest absolute Gasteiger partial charge is 0.472 e. The number of phosphoric acid groups is 1. The molecule has 2 unspecified atom stereocenters. The van der Waals surface area contributed by atoms with E-state index in [0.717, 1.165) is 19.3 Å². The summed E-state index contributed by atoms with van der Waals surface area (Å²) in [5.41, 5.74) is 0. The van der Waals surface area contributed by atoms with Crippen LogP contribution in [-0.4, -0.2) is 74.1 Å². The number of unbranched alkanes of at least 4 members (excludes halogenated alkanes) is 5. The van der Waals surface area contributed by atoms with Crippen molar-refractivity contribution in [1.29, 1.82) is 0 Å². The molecule has 2 atom stereocenters. The molecular weight excluding hydrogens is 361 g/mol. The Morgan fingerprint density at radius 3 is 2.27 bits per heavy atom. The number of esters is 1. The van der Waals surface area contributed by atoms with Gasteiger partial charge in [0.2, 0.25) is 0 Å². The predicted molar refractivity (Wildman–Crippen MR) is 99.6 cm³/mol. The minimum Gasteiger partial charge on any atom is -0.457 e. The van der Waals surface area contributed by atoms with Gasteiger partial charge in [-0.3, -0.25) is 13.8 Å². The Bertz CT molecular complexity index is 426. The third-order valence-corrected chi connectivity index (χ3v) is 4.66. The Morgan fingerprint density at radius 1 is 1.08 bits per heavy atom. The van der Waals surface area contributed by atoms with E-state index in [1.807, 2.05) is 21.1 Å². The van der Waals surface area contributed by atoms with E-state index in [4.69, 9.17) is 13.8 Å². The number of carbonyl (C=O) groups is 1. The van der Waals surface area contributed by atoms with Crippen molar-refractivity contribution in [3.63, 3.8) is 0 Å². The van der Waals surface area contributed by atoms with E-state index in [9.17, 15) is 19.4 Å². The lowest BCUT2D eigenvalue weighted by Gasteiger charge is -2.24. The Labute approximate surface area is 157 Å². The maximum atomic E-state index is 11.8. The van der Waals surface area contributed by atoms with E-state index >= 15 is 0 Å². The van der Waals surface area contributed by atoms with Crippen molar-refractivity contribution in [2.24, 2.45) is 0 Å². The van der Waals surface area contributed by atoms with Gasteiger partial charge in [-0.15, -0.1) is 0 Å². The lowest BCUT2D eigenvalue weighted by atomic mass is 10.1. The molecule has 0 bridgehead atoms. The first kappa shape index (κ1) is 25.5. The molecule has 8 nitrogen and oxygen atoms in total. The minimum atomic E-state index is -4.24. The van der Waals surface area contributed by atoms with E-state index in [2.05, 4.69) is 6.92 Å². The zero-order chi connectivity index (χ0) is 20.1. The topological polar surface area (TPSA) is 102 Å². The van der Waals surface area contributed by atoms with Crippen LogP contribution in [0, 0.1) is 0 Å². The molecule has 0 aliphatic heterocycles. The molecule has 0 heterocycles. The number of hydrogen-bond donors (Lipinski definition) is 2. The molecule has 0 fully saturated rings. The molecule has 0 amide bonds. The number of ether oxygens (including phenoxy) is 1. The number of aliphatic hydroxyl groups is 1. The summed E-state index contributed by atoms with van der Waals surface area (Å²) in [7, 11) is 1.55. The van der Waals surface area contributed by atoms with Crippen LogP contribution in [0.4, 0.5) is 0 Å². The van der Waals surface area contributed by atoms with Crippen molar-refractivity contribution in [3.8, 4) is 0 Å². The van der Waals surface area contributed by atoms with Crippen LogP contribution in [0.25, 0.3) is 0 Å². The first-order valence-corrected chi connectivity index (χ1v) is 10.8. The maximum Gasteiger partial charge on any atom is 0.472 e. The summed E-state index contributed by atoms with van der Waals surface area (Å²) in [6, 6.07) is 0. The van der Waals surface area contributed by atoms with Crippen LogP contribution in [0.1, 0.15) is 51.9 Å². The van der Waals surface area contributed by atoms with Gasteiger partial charge in [0.25, 0.3) is 0 Å². The summed E-state index contributed by atoms with van der Waals surface area (Å²) in [5.74, 6) is -0.443. The average Bonchev–Trinajstić information content (AvgIpc) is 2.53. The lowest BCUT2D eigenvalue weighted by Crippen LogP contribution is -2.37. The van der Waals surface area contributed by atoms with Crippen LogP contribution in [0.3, 0.4) is 0 Å². The number of nitrogens with zero attached hydrogens (tertiary/aromatic N) is 1. The van der Waals surface area contributed by atoms with E-state index in [-0.39, 0.29) is 13.0 Å². The van der Waals surface area contributed by atoms with Gasteiger partial charge < -0.3 is 19.2 Å². The molecule has 0 spiro atoms. The molecule has 0 aromatic carbocycles. The third-order valence-electron chi connectivity index (χ3n) is 3.68. The highest BCUT2D eigenvalue weighted by atomic mass is 31.2. The lowest BCUT2D eigenvalue weighted by molar-refractivity contribution is -0.870. The van der Waals surface area contributed by atoms with Gasteiger partial charge in [-0.2, -0.15) is 0 Å². The summed E-state index contributed by atoms with van der Waals surface area (Å²) in [6.45, 7) is 1.86. The molecule has 0 rings (SSSR count). The van der Waals surface area contributed by atoms with Crippen LogP contribution in [0.2, 0.25) is 0 Å². The van der Waals surface area contributed by atoms with Crippen LogP contribution in [0.15, 0.2) is 0 Å². The van der Waals surface area contributed by atoms with E-state index in [0.29, 0.717) is 11.0 Å². The normalized spacial score (nSPS) is 15.5. The second-order valence-corrected chi connectivity index (χ2v) is 8.88. The van der Waals surface area contributed by atoms with Gasteiger partial charge in [-0.05, 0) is 6.42 Å². The number of aliphatic hydroxyl groups excluding tert-OH is 1. The molecule has 0 aromatic heterocycles. The highest BCUT2D eigenvalue weighted by molar-refractivity contribution is 7.47. The van der Waals surface area contributed by atoms with Crippen LogP contribution in [0.5, 0.6) is 0 Å². The zero-order valence-electron chi connectivity index (χ0n) is 16.7. The highest BCUT2D eigenvalue weighted by Gasteiger charge is 2.25. The molecule has 0 aliphatic carbocycles. The van der Waals surface area contributed by atoms with Crippen molar-refractivity contribution in [2.75, 3.05) is 47.5 Å². The van der Waals surface area contributed by atoms with Gasteiger partial charge in [0.05, 0.1) is 34.4 Å². The Morgan fingerprint density at radius 2 is 1.69 bits per heavy atom. The third kappa shape index (κ3) is 15.7. The van der Waals surface area contributed by atoms with Crippen LogP contribution < -0.4 is 0 Å². The summed E-state index contributed by atoms with van der Waals surface area (Å²) >= 11 is 0. The molecule has 0 saturated carbocycles. The molecule has 2 N–H and O–H groups in total. The monoisotopic (exact) mass is 398 g/mol. The van der Waals surface area contributed by atoms with E-state index < -0.39 is 33.1 Å². The summed E-state index contributed by atoms with van der Waals surface area (Å²) in [6.07, 6.45) is 5.60. The summed E-state index contributed by atoms with van der Waals surface area (Å²) in [5, 5.41) is 9.25. The number of hydrogen-bond acceptors (Lipinski definition) is 6. The van der Waals surface area contributed by atoms with Crippen molar-refractivity contribution < 1.29 is 37.6 Å². The van der Waals surface area contributed by atoms with Crippen molar-refractivity contribution in [2.45, 2.75) is 58.0 Å². The first-order chi connectivity index (χ1) is 12.1. The minimum absolute atomic E-state index is 0.0545. The number of quaternary nitrogens is 1. The average molecular weight is 398 g/mol. The van der Waals surface area contributed by atoms with Crippen molar-refractivity contribution in [3.05, 3.63) is 0 Å². The second-order valence-electron chi connectivity index (χ2n) is 7.42. The SMILES string of the molecule is CCCCCCCCC(=O)OC(CO)COP(=O)(O)OCC[N+](C)(C)C. The Hall–Kier alpha value is -0.500. The Kier molecular flexibility index (Phi) is 13.4. The number of phosphoric ester groups is 1. The van der Waals surface area contributed by atoms with Crippen molar-refractivity contribution in [1.82, 2.24) is 0 Å². The van der Waals surface area contributed by atoms with Gasteiger partial charge >= 0.3 is 13.8 Å². The summed E-state index contributed by atoms with van der Waals surface area (Å²) in [4.78, 5) is 21.4. The maximum absolute atomic E-state index is 11.8. The van der Waals surface area contributed by atoms with Gasteiger partial charge in [0, 0.05) is 6.42 Å². The van der Waals surface area contributed by atoms with Gasteiger partial charge in [0.15, 0.2) is 0 Å². The fraction of sp³-hybridized carbons (Fsp3) is 0.941. The Balaban J connectivity index is 4.02. The van der Waals surface area contributed by atoms with Crippen molar-refractivity contribution >= 4 is 13.8 Å². The number of likely N-dealkylation sites (N-methyl/N-ethyl adjacent to an activating group) is 1. The smallest absolute Gasteiger partial charge is 0.457 e. The highest BCUT2D eigenvalue weighted by Crippen LogP contribution is 2.43. The summed E-state index contributed by atoms with van der Waals surface area (Å²) < 4.78 is 27.1. The predicted octanol–water partition coefficient (Wildman–Crippen LogP) is 2.48. The standard InChI is InChI=1S/C17H36NO7P/c1-5-6-7-8-9-10-11-17(20)25-16(14-19)15-24-26(21,22)23-13-12-18(2,3)4/h16,19H,5-15H2,1-4H3/p+1. The van der Waals surface area contributed by atoms with Gasteiger partial charge in [0.1, 0.15) is 19.3 Å². The molecule has 0 saturated heterocycles. The van der Waals surface area contributed by atoms with Crippen LogP contribution in [-0.2, 0) is 23.1 Å². The first-order valence-electron chi connectivity index (χ1n) is 9.32. The van der Waals surface area contributed by atoms with Crippen LogP contribution >= 0.6 is 7.82 Å². The molecular formula is C17H37NO7P+. The quantitative estimate of drug-likeness (QED) is 0.178. The molecule has 0 aliphatic rings. The van der Waals surface area contributed by atoms with E-state index in [1.165, 1.54) is 19.3 Å². The fourth-order valence-corrected chi connectivity index (χ4v) is 2.80. The zero-order valence-corrected chi connectivity index (χ0v) is 17.6. The molecule has 9 heteroatoms. The molecule has 156 valence electrons. The van der Waals surface area contributed by atoms with Gasteiger partial charge in [-0.25, -0.2) is 4.57 Å². The fourth-order valence-electron chi connectivity index (χ4n) is 2.06. The number of rotatable bonds is 16. The molecule has 26 heavy (non-hydrogen) atoms. The van der Waals surface area contributed by atoms with Gasteiger partial charge in [-0.1, -0.05) is 39.0 Å². The molecule has 0 aromatic rings. The second kappa shape index (κ2) is 13.6. The van der Waals surface area contributed by atoms with E-state index in [1.54, 1.807) is 0 Å². The molecule has 0 radical (unpaired) electrons. The number of carbonyl (C=O) groups excluding carboxylic acids is 1.